The number of aromatic nitrogens is 1. The van der Waals surface area contributed by atoms with Crippen molar-refractivity contribution in [1.29, 1.82) is 0 Å². The van der Waals surface area contributed by atoms with Gasteiger partial charge in [0.05, 0.1) is 24.6 Å². The zero-order chi connectivity index (χ0) is 22.5. The minimum atomic E-state index is -0.766. The Hall–Kier alpha value is -3.87. The van der Waals surface area contributed by atoms with Gasteiger partial charge in [-0.25, -0.2) is 0 Å². The number of nitrogens with two attached hydrogens (primary N) is 1. The molecule has 7 heteroatoms. The average Bonchev–Trinajstić information content (AvgIpc) is 2.75. The van der Waals surface area contributed by atoms with Crippen LogP contribution in [0.5, 0.6) is 17.2 Å². The fraction of sp³-hybridized carbons (Fsp3) is 0.208. The summed E-state index contributed by atoms with van der Waals surface area (Å²) in [5.74, 6) is -1.26. The van der Waals surface area contributed by atoms with E-state index in [1.54, 1.807) is 62.5 Å². The highest BCUT2D eigenvalue weighted by Crippen LogP contribution is 2.34. The number of carbonyl (C=O) groups excluding carboxylic acids is 2. The van der Waals surface area contributed by atoms with Gasteiger partial charge in [0.2, 0.25) is 5.91 Å². The van der Waals surface area contributed by atoms with E-state index in [9.17, 15) is 14.7 Å². The quantitative estimate of drug-likeness (QED) is 0.446. The molecule has 3 rings (SSSR count). The van der Waals surface area contributed by atoms with Crippen molar-refractivity contribution in [2.24, 2.45) is 11.7 Å². The number of nitrogens with zero attached hydrogens (tertiary/aromatic N) is 1. The van der Waals surface area contributed by atoms with Gasteiger partial charge >= 0.3 is 5.97 Å². The molecule has 1 atom stereocenters. The first-order valence-electron chi connectivity index (χ1n) is 9.74. The molecule has 0 saturated heterocycles. The maximum atomic E-state index is 12.3. The van der Waals surface area contributed by atoms with Crippen LogP contribution in [0.4, 0.5) is 0 Å². The fourth-order valence-corrected chi connectivity index (χ4v) is 3.13. The number of esters is 1. The Morgan fingerprint density at radius 1 is 1.03 bits per heavy atom. The zero-order valence-electron chi connectivity index (χ0n) is 17.5. The third-order valence-electron chi connectivity index (χ3n) is 4.76. The van der Waals surface area contributed by atoms with Gasteiger partial charge in [0.25, 0.3) is 0 Å². The summed E-state index contributed by atoms with van der Waals surface area (Å²) in [6.07, 6.45) is 1.59. The predicted molar refractivity (Wildman–Crippen MR) is 116 cm³/mol. The number of ether oxygens (including phenoxy) is 2. The zero-order valence-corrected chi connectivity index (χ0v) is 17.5. The van der Waals surface area contributed by atoms with E-state index in [1.807, 2.05) is 6.07 Å². The monoisotopic (exact) mass is 420 g/mol. The van der Waals surface area contributed by atoms with E-state index in [1.165, 1.54) is 13.2 Å². The normalized spacial score (nSPS) is 11.7. The molecule has 0 aliphatic rings. The fourth-order valence-electron chi connectivity index (χ4n) is 3.13. The molecule has 0 saturated carbocycles. The standard InChI is InChI=1S/C24H24N2O5/c1-14(2)24(29)31-18-6-4-5-15(11-18)19-12-17(9-10-26-19)22(23(25)28)16-7-8-20(27)21(13-16)30-3/h4-14,22,27H,1-3H3,(H2,25,28). The second-order valence-corrected chi connectivity index (χ2v) is 7.34. The molecule has 31 heavy (non-hydrogen) atoms. The van der Waals surface area contributed by atoms with Crippen LogP contribution in [0, 0.1) is 5.92 Å². The van der Waals surface area contributed by atoms with E-state index in [0.29, 0.717) is 22.6 Å². The number of rotatable bonds is 7. The maximum Gasteiger partial charge on any atom is 0.313 e. The summed E-state index contributed by atoms with van der Waals surface area (Å²) >= 11 is 0. The Kier molecular flexibility index (Phi) is 6.55. The van der Waals surface area contributed by atoms with Crippen LogP contribution < -0.4 is 15.2 Å². The van der Waals surface area contributed by atoms with Gasteiger partial charge in [-0.1, -0.05) is 32.0 Å². The van der Waals surface area contributed by atoms with Crippen molar-refractivity contribution in [3.8, 4) is 28.5 Å². The van der Waals surface area contributed by atoms with E-state index in [4.69, 9.17) is 15.2 Å². The Bertz CT molecular complexity index is 1110. The minimum Gasteiger partial charge on any atom is -0.504 e. The largest absolute Gasteiger partial charge is 0.504 e. The molecular weight excluding hydrogens is 396 g/mol. The van der Waals surface area contributed by atoms with Crippen molar-refractivity contribution >= 4 is 11.9 Å². The minimum absolute atomic E-state index is 0.0300. The lowest BCUT2D eigenvalue weighted by Gasteiger charge is -2.17. The molecule has 1 unspecified atom stereocenters. The van der Waals surface area contributed by atoms with E-state index in [-0.39, 0.29) is 23.4 Å². The number of hydrogen-bond donors (Lipinski definition) is 2. The number of aromatic hydroxyl groups is 1. The van der Waals surface area contributed by atoms with E-state index in [2.05, 4.69) is 4.98 Å². The Balaban J connectivity index is 1.98. The maximum absolute atomic E-state index is 12.3. The summed E-state index contributed by atoms with van der Waals surface area (Å²) in [6.45, 7) is 3.53. The van der Waals surface area contributed by atoms with Gasteiger partial charge < -0.3 is 20.3 Å². The van der Waals surface area contributed by atoms with Crippen molar-refractivity contribution in [3.63, 3.8) is 0 Å². The van der Waals surface area contributed by atoms with Crippen LogP contribution in [0.25, 0.3) is 11.3 Å². The molecule has 1 heterocycles. The number of phenolic OH excluding ortho intramolecular Hbond substituents is 1. The van der Waals surface area contributed by atoms with Gasteiger partial charge in [0.15, 0.2) is 11.5 Å². The van der Waals surface area contributed by atoms with Gasteiger partial charge in [-0.05, 0) is 47.5 Å². The van der Waals surface area contributed by atoms with Crippen LogP contribution in [0.2, 0.25) is 0 Å². The Morgan fingerprint density at radius 3 is 2.45 bits per heavy atom. The number of hydrogen-bond acceptors (Lipinski definition) is 6. The van der Waals surface area contributed by atoms with Crippen molar-refractivity contribution < 1.29 is 24.2 Å². The van der Waals surface area contributed by atoms with Gasteiger partial charge in [0.1, 0.15) is 5.75 Å². The Morgan fingerprint density at radius 2 is 1.77 bits per heavy atom. The van der Waals surface area contributed by atoms with Crippen LogP contribution in [0.15, 0.2) is 60.8 Å². The molecule has 7 nitrogen and oxygen atoms in total. The number of primary amides is 1. The molecule has 1 aromatic heterocycles. The Labute approximate surface area is 180 Å². The summed E-state index contributed by atoms with van der Waals surface area (Å²) in [5, 5.41) is 9.85. The first-order chi connectivity index (χ1) is 14.8. The van der Waals surface area contributed by atoms with Gasteiger partial charge in [-0.15, -0.1) is 0 Å². The van der Waals surface area contributed by atoms with Crippen LogP contribution in [-0.2, 0) is 9.59 Å². The molecule has 160 valence electrons. The molecular formula is C24H24N2O5. The molecule has 1 amide bonds. The predicted octanol–water partition coefficient (Wildman–Crippen LogP) is 3.64. The van der Waals surface area contributed by atoms with Crippen LogP contribution in [0.3, 0.4) is 0 Å². The summed E-state index contributed by atoms with van der Waals surface area (Å²) in [4.78, 5) is 28.6. The van der Waals surface area contributed by atoms with Crippen molar-refractivity contribution in [2.75, 3.05) is 7.11 Å². The van der Waals surface area contributed by atoms with Gasteiger partial charge in [-0.2, -0.15) is 0 Å². The van der Waals surface area contributed by atoms with E-state index in [0.717, 1.165) is 5.56 Å². The first kappa shape index (κ1) is 21.8. The number of amides is 1. The van der Waals surface area contributed by atoms with E-state index >= 15 is 0 Å². The molecule has 2 aromatic carbocycles. The van der Waals surface area contributed by atoms with E-state index < -0.39 is 11.8 Å². The molecule has 3 aromatic rings. The molecule has 0 radical (unpaired) electrons. The molecule has 0 aliphatic carbocycles. The van der Waals surface area contributed by atoms with Gasteiger partial charge in [0, 0.05) is 11.8 Å². The van der Waals surface area contributed by atoms with Crippen LogP contribution in [0.1, 0.15) is 30.9 Å². The highest BCUT2D eigenvalue weighted by molar-refractivity contribution is 5.86. The number of phenols is 1. The molecule has 0 spiro atoms. The number of pyridine rings is 1. The third kappa shape index (κ3) is 5.01. The number of benzene rings is 2. The highest BCUT2D eigenvalue weighted by atomic mass is 16.5. The van der Waals surface area contributed by atoms with Crippen LogP contribution in [-0.4, -0.2) is 29.1 Å². The van der Waals surface area contributed by atoms with Crippen molar-refractivity contribution in [1.82, 2.24) is 4.98 Å². The summed E-state index contributed by atoms with van der Waals surface area (Å²) < 4.78 is 10.5. The van der Waals surface area contributed by atoms with Crippen molar-refractivity contribution in [3.05, 3.63) is 71.9 Å². The van der Waals surface area contributed by atoms with Crippen LogP contribution >= 0.6 is 0 Å². The van der Waals surface area contributed by atoms with Crippen molar-refractivity contribution in [2.45, 2.75) is 19.8 Å². The lowest BCUT2D eigenvalue weighted by Crippen LogP contribution is -2.22. The average molecular weight is 420 g/mol. The lowest BCUT2D eigenvalue weighted by atomic mass is 9.90. The molecule has 3 N–H and O–H groups in total. The number of methoxy groups -OCH3 is 1. The topological polar surface area (TPSA) is 112 Å². The highest BCUT2D eigenvalue weighted by Gasteiger charge is 2.22. The lowest BCUT2D eigenvalue weighted by molar-refractivity contribution is -0.137. The smallest absolute Gasteiger partial charge is 0.313 e. The molecule has 0 fully saturated rings. The summed E-state index contributed by atoms with van der Waals surface area (Å²) in [6, 6.07) is 15.1. The number of carbonyl (C=O) groups is 2. The SMILES string of the molecule is COc1cc(C(C(N)=O)c2ccnc(-c3cccc(OC(=O)C(C)C)c3)c2)ccc1O. The van der Waals surface area contributed by atoms with Gasteiger partial charge in [-0.3, -0.25) is 14.6 Å². The second-order valence-electron chi connectivity index (χ2n) is 7.34. The third-order valence-corrected chi connectivity index (χ3v) is 4.76. The summed E-state index contributed by atoms with van der Waals surface area (Å²) in [7, 11) is 1.43. The summed E-state index contributed by atoms with van der Waals surface area (Å²) in [5.41, 5.74) is 8.24. The first-order valence-corrected chi connectivity index (χ1v) is 9.74. The second kappa shape index (κ2) is 9.30. The molecule has 0 aliphatic heterocycles. The molecule has 0 bridgehead atoms.